The topological polar surface area (TPSA) is 64.0 Å². The number of fused-ring (bicyclic) bond motifs is 1. The molecule has 21 heavy (non-hydrogen) atoms. The number of carbonyl (C=O) groups is 1. The van der Waals surface area contributed by atoms with E-state index in [-0.39, 0.29) is 18.0 Å². The highest BCUT2D eigenvalue weighted by Crippen LogP contribution is 2.08. The number of amides is 1. The lowest BCUT2D eigenvalue weighted by Crippen LogP contribution is -2.27. The van der Waals surface area contributed by atoms with Crippen molar-refractivity contribution in [3.05, 3.63) is 71.3 Å². The van der Waals surface area contributed by atoms with Crippen molar-refractivity contribution in [2.75, 3.05) is 5.32 Å². The first-order chi connectivity index (χ1) is 10.2. The standard InChI is InChI=1S/C16H13N3O2/c20-15(18-14-7-3-4-9-17-14)11-19-10-8-12-5-1-2-6-13(12)16(19)21/h1-10H,11H2,(H,17,18,20). The molecule has 104 valence electrons. The van der Waals surface area contributed by atoms with E-state index in [1.165, 1.54) is 4.57 Å². The predicted octanol–water partition coefficient (Wildman–Crippen LogP) is 2.04. The molecule has 5 heteroatoms. The van der Waals surface area contributed by atoms with Crippen LogP contribution in [0.25, 0.3) is 10.8 Å². The molecule has 0 bridgehead atoms. The third kappa shape index (κ3) is 2.81. The van der Waals surface area contributed by atoms with E-state index in [0.29, 0.717) is 11.2 Å². The van der Waals surface area contributed by atoms with Crippen molar-refractivity contribution in [1.29, 1.82) is 0 Å². The average Bonchev–Trinajstić information content (AvgIpc) is 2.51. The molecule has 0 radical (unpaired) electrons. The summed E-state index contributed by atoms with van der Waals surface area (Å²) >= 11 is 0. The maximum Gasteiger partial charge on any atom is 0.258 e. The van der Waals surface area contributed by atoms with Crippen LogP contribution in [0.15, 0.2) is 65.7 Å². The normalized spacial score (nSPS) is 10.5. The summed E-state index contributed by atoms with van der Waals surface area (Å²) < 4.78 is 1.39. The fraction of sp³-hybridized carbons (Fsp3) is 0.0625. The second-order valence-corrected chi connectivity index (χ2v) is 4.60. The molecule has 2 aromatic heterocycles. The number of nitrogens with one attached hydrogen (secondary N) is 1. The molecule has 5 nitrogen and oxygen atoms in total. The van der Waals surface area contributed by atoms with E-state index in [2.05, 4.69) is 10.3 Å². The molecule has 0 spiro atoms. The molecule has 0 saturated carbocycles. The Morgan fingerprint density at radius 3 is 2.71 bits per heavy atom. The van der Waals surface area contributed by atoms with Gasteiger partial charge in [-0.05, 0) is 29.7 Å². The average molecular weight is 279 g/mol. The number of pyridine rings is 2. The molecule has 3 rings (SSSR count). The zero-order valence-electron chi connectivity index (χ0n) is 11.2. The first-order valence-electron chi connectivity index (χ1n) is 6.53. The van der Waals surface area contributed by atoms with Gasteiger partial charge in [-0.2, -0.15) is 0 Å². The second kappa shape index (κ2) is 5.58. The SMILES string of the molecule is O=C(Cn1ccc2ccccc2c1=O)Nc1ccccn1. The number of anilines is 1. The van der Waals surface area contributed by atoms with Crippen LogP contribution in [0.2, 0.25) is 0 Å². The Hall–Kier alpha value is -2.95. The van der Waals surface area contributed by atoms with Gasteiger partial charge in [0.15, 0.2) is 0 Å². The first kappa shape index (κ1) is 13.1. The van der Waals surface area contributed by atoms with E-state index in [9.17, 15) is 9.59 Å². The third-order valence-electron chi connectivity index (χ3n) is 3.13. The number of hydrogen-bond acceptors (Lipinski definition) is 3. The molecule has 0 aliphatic heterocycles. The van der Waals surface area contributed by atoms with Gasteiger partial charge in [-0.3, -0.25) is 9.59 Å². The van der Waals surface area contributed by atoms with E-state index in [0.717, 1.165) is 5.39 Å². The highest BCUT2D eigenvalue weighted by molar-refractivity contribution is 5.90. The zero-order chi connectivity index (χ0) is 14.7. The van der Waals surface area contributed by atoms with Crippen molar-refractivity contribution in [3.63, 3.8) is 0 Å². The molecule has 0 unspecified atom stereocenters. The maximum absolute atomic E-state index is 12.3. The van der Waals surface area contributed by atoms with Gasteiger partial charge in [0.25, 0.3) is 5.56 Å². The van der Waals surface area contributed by atoms with Gasteiger partial charge in [0.05, 0.1) is 0 Å². The van der Waals surface area contributed by atoms with Gasteiger partial charge < -0.3 is 9.88 Å². The van der Waals surface area contributed by atoms with Crippen LogP contribution in [0.3, 0.4) is 0 Å². The summed E-state index contributed by atoms with van der Waals surface area (Å²) in [5.41, 5.74) is -0.177. The van der Waals surface area contributed by atoms with Crippen molar-refractivity contribution in [2.24, 2.45) is 0 Å². The van der Waals surface area contributed by atoms with Gasteiger partial charge in [-0.25, -0.2) is 4.98 Å². The van der Waals surface area contributed by atoms with Gasteiger partial charge in [0, 0.05) is 17.8 Å². The Morgan fingerprint density at radius 2 is 1.90 bits per heavy atom. The number of rotatable bonds is 3. The van der Waals surface area contributed by atoms with Crippen LogP contribution in [-0.2, 0) is 11.3 Å². The van der Waals surface area contributed by atoms with E-state index < -0.39 is 0 Å². The highest BCUT2D eigenvalue weighted by Gasteiger charge is 2.07. The van der Waals surface area contributed by atoms with Gasteiger partial charge in [-0.1, -0.05) is 24.3 Å². The minimum Gasteiger partial charge on any atom is -0.309 e. The summed E-state index contributed by atoms with van der Waals surface area (Å²) in [5.74, 6) is 0.183. The largest absolute Gasteiger partial charge is 0.309 e. The van der Waals surface area contributed by atoms with E-state index in [1.54, 1.807) is 36.7 Å². The lowest BCUT2D eigenvalue weighted by molar-refractivity contribution is -0.116. The van der Waals surface area contributed by atoms with Gasteiger partial charge >= 0.3 is 0 Å². The molecule has 1 amide bonds. The molecule has 0 aliphatic rings. The Bertz CT molecular complexity index is 841. The summed E-state index contributed by atoms with van der Waals surface area (Å²) in [6.07, 6.45) is 3.22. The monoisotopic (exact) mass is 279 g/mol. The summed E-state index contributed by atoms with van der Waals surface area (Å²) in [6, 6.07) is 14.4. The van der Waals surface area contributed by atoms with Crippen molar-refractivity contribution in [2.45, 2.75) is 6.54 Å². The molecular weight excluding hydrogens is 266 g/mol. The highest BCUT2D eigenvalue weighted by atomic mass is 16.2. The number of nitrogens with zero attached hydrogens (tertiary/aromatic N) is 2. The van der Waals surface area contributed by atoms with Crippen LogP contribution >= 0.6 is 0 Å². The molecule has 0 saturated heterocycles. The number of benzene rings is 1. The molecule has 1 N–H and O–H groups in total. The minimum absolute atomic E-state index is 0.0414. The van der Waals surface area contributed by atoms with Crippen LogP contribution < -0.4 is 10.9 Å². The summed E-state index contributed by atoms with van der Waals surface area (Å²) in [4.78, 5) is 28.3. The maximum atomic E-state index is 12.3. The molecule has 3 aromatic rings. The molecule has 0 atom stereocenters. The van der Waals surface area contributed by atoms with Crippen LogP contribution in [-0.4, -0.2) is 15.5 Å². The molecule has 2 heterocycles. The second-order valence-electron chi connectivity index (χ2n) is 4.60. The van der Waals surface area contributed by atoms with E-state index in [4.69, 9.17) is 0 Å². The number of carbonyl (C=O) groups excluding carboxylic acids is 1. The Labute approximate surface area is 120 Å². The van der Waals surface area contributed by atoms with E-state index >= 15 is 0 Å². The molecule has 1 aromatic carbocycles. The van der Waals surface area contributed by atoms with E-state index in [1.807, 2.05) is 24.3 Å². The fourth-order valence-electron chi connectivity index (χ4n) is 2.13. The van der Waals surface area contributed by atoms with Gasteiger partial charge in [-0.15, -0.1) is 0 Å². The van der Waals surface area contributed by atoms with Crippen LogP contribution in [0, 0.1) is 0 Å². The van der Waals surface area contributed by atoms with Crippen molar-refractivity contribution < 1.29 is 4.79 Å². The van der Waals surface area contributed by atoms with Crippen molar-refractivity contribution in [3.8, 4) is 0 Å². The van der Waals surface area contributed by atoms with Crippen molar-refractivity contribution in [1.82, 2.24) is 9.55 Å². The summed E-state index contributed by atoms with van der Waals surface area (Å²) in [5, 5.41) is 4.12. The fourth-order valence-corrected chi connectivity index (χ4v) is 2.13. The third-order valence-corrected chi connectivity index (χ3v) is 3.13. The number of aromatic nitrogens is 2. The number of hydrogen-bond donors (Lipinski definition) is 1. The molecular formula is C16H13N3O2. The lowest BCUT2D eigenvalue weighted by atomic mass is 10.2. The zero-order valence-corrected chi connectivity index (χ0v) is 11.2. The predicted molar refractivity (Wildman–Crippen MR) is 81.1 cm³/mol. The molecule has 0 aliphatic carbocycles. The minimum atomic E-state index is -0.286. The van der Waals surface area contributed by atoms with Gasteiger partial charge in [0.1, 0.15) is 12.4 Å². The van der Waals surface area contributed by atoms with Gasteiger partial charge in [0.2, 0.25) is 5.91 Å². The quantitative estimate of drug-likeness (QED) is 0.798. The summed E-state index contributed by atoms with van der Waals surface area (Å²) in [7, 11) is 0. The summed E-state index contributed by atoms with van der Waals surface area (Å²) in [6.45, 7) is -0.0414. The van der Waals surface area contributed by atoms with Crippen LogP contribution in [0.1, 0.15) is 0 Å². The molecule has 0 fully saturated rings. The first-order valence-corrected chi connectivity index (χ1v) is 6.53. The van der Waals surface area contributed by atoms with Crippen LogP contribution in [0.5, 0.6) is 0 Å². The smallest absolute Gasteiger partial charge is 0.258 e. The van der Waals surface area contributed by atoms with Crippen LogP contribution in [0.4, 0.5) is 5.82 Å². The Morgan fingerprint density at radius 1 is 1.10 bits per heavy atom. The lowest BCUT2D eigenvalue weighted by Gasteiger charge is -2.07. The Kier molecular flexibility index (Phi) is 3.47. The van der Waals surface area contributed by atoms with Crippen molar-refractivity contribution >= 4 is 22.5 Å². The Balaban J connectivity index is 1.83.